The number of nitrogens with zero attached hydrogens (tertiary/aromatic N) is 5. The molecule has 3 rings (SSSR count). The number of hydrogen-bond acceptors (Lipinski definition) is 5. The molecule has 0 amide bonds. The smallest absolute Gasteiger partial charge is 0.256 e. The Balaban J connectivity index is 1.79. The molecule has 0 spiro atoms. The van der Waals surface area contributed by atoms with Crippen LogP contribution >= 0.6 is 11.6 Å². The summed E-state index contributed by atoms with van der Waals surface area (Å²) in [5.41, 5.74) is 2.35. The average molecular weight is 301 g/mol. The molecule has 6 nitrogen and oxygen atoms in total. The van der Waals surface area contributed by atoms with E-state index in [2.05, 4.69) is 44.4 Å². The average Bonchev–Trinajstić information content (AvgIpc) is 2.99. The predicted octanol–water partition coefficient (Wildman–Crippen LogP) is 2.63. The number of anilines is 1. The van der Waals surface area contributed by atoms with Crippen LogP contribution in [0.25, 0.3) is 5.95 Å². The predicted molar refractivity (Wildman–Crippen MR) is 80.5 cm³/mol. The molecule has 1 aromatic carbocycles. The Labute approximate surface area is 126 Å². The van der Waals surface area contributed by atoms with Gasteiger partial charge >= 0.3 is 0 Å². The summed E-state index contributed by atoms with van der Waals surface area (Å²) in [5, 5.41) is 7.35. The van der Waals surface area contributed by atoms with Gasteiger partial charge in [-0.3, -0.25) is 0 Å². The quantitative estimate of drug-likeness (QED) is 0.802. The molecule has 0 saturated heterocycles. The maximum absolute atomic E-state index is 5.93. The molecule has 0 unspecified atom stereocenters. The highest BCUT2D eigenvalue weighted by Crippen LogP contribution is 2.11. The van der Waals surface area contributed by atoms with E-state index < -0.39 is 0 Å². The number of benzene rings is 1. The van der Waals surface area contributed by atoms with E-state index in [-0.39, 0.29) is 5.28 Å². The van der Waals surface area contributed by atoms with Gasteiger partial charge in [0.2, 0.25) is 11.2 Å². The van der Waals surface area contributed by atoms with Gasteiger partial charge in [0.25, 0.3) is 5.95 Å². The molecule has 0 aliphatic carbocycles. The Morgan fingerprint density at radius 1 is 1.19 bits per heavy atom. The van der Waals surface area contributed by atoms with Gasteiger partial charge in [0.05, 0.1) is 0 Å². The van der Waals surface area contributed by atoms with E-state index in [0.29, 0.717) is 18.4 Å². The molecule has 2 heterocycles. The summed E-state index contributed by atoms with van der Waals surface area (Å²) >= 11 is 5.93. The molecule has 0 aliphatic rings. The van der Waals surface area contributed by atoms with Crippen molar-refractivity contribution in [3.05, 3.63) is 59.1 Å². The van der Waals surface area contributed by atoms with Gasteiger partial charge in [-0.15, -0.1) is 0 Å². The Morgan fingerprint density at radius 2 is 2.10 bits per heavy atom. The van der Waals surface area contributed by atoms with Crippen LogP contribution in [0.4, 0.5) is 5.95 Å². The van der Waals surface area contributed by atoms with Crippen LogP contribution in [0.5, 0.6) is 0 Å². The van der Waals surface area contributed by atoms with Crippen LogP contribution in [0.3, 0.4) is 0 Å². The summed E-state index contributed by atoms with van der Waals surface area (Å²) in [7, 11) is 0. The number of nitrogens with one attached hydrogen (secondary N) is 1. The second-order valence-electron chi connectivity index (χ2n) is 4.52. The van der Waals surface area contributed by atoms with E-state index >= 15 is 0 Å². The first kappa shape index (κ1) is 13.5. The van der Waals surface area contributed by atoms with Crippen molar-refractivity contribution in [2.24, 2.45) is 0 Å². The summed E-state index contributed by atoms with van der Waals surface area (Å²) in [5.74, 6) is 0.800. The summed E-state index contributed by atoms with van der Waals surface area (Å²) in [4.78, 5) is 12.4. The molecule has 0 atom stereocenters. The topological polar surface area (TPSA) is 68.5 Å². The monoisotopic (exact) mass is 300 g/mol. The molecule has 21 heavy (non-hydrogen) atoms. The fourth-order valence-corrected chi connectivity index (χ4v) is 2.07. The van der Waals surface area contributed by atoms with Crippen LogP contribution in [0.15, 0.2) is 42.7 Å². The minimum atomic E-state index is 0.127. The number of aromatic nitrogens is 5. The Kier molecular flexibility index (Phi) is 3.79. The largest absolute Gasteiger partial charge is 0.350 e. The van der Waals surface area contributed by atoms with Gasteiger partial charge in [0.1, 0.15) is 0 Å². The first-order valence-electron chi connectivity index (χ1n) is 6.42. The Hall–Kier alpha value is -2.47. The Morgan fingerprint density at radius 3 is 2.86 bits per heavy atom. The second kappa shape index (κ2) is 5.88. The third-order valence-corrected chi connectivity index (χ3v) is 3.01. The zero-order valence-corrected chi connectivity index (χ0v) is 12.1. The maximum atomic E-state index is 5.93. The molecule has 0 fully saturated rings. The van der Waals surface area contributed by atoms with Gasteiger partial charge in [-0.1, -0.05) is 29.8 Å². The highest BCUT2D eigenvalue weighted by molar-refractivity contribution is 6.28. The van der Waals surface area contributed by atoms with E-state index in [4.69, 9.17) is 11.6 Å². The minimum Gasteiger partial charge on any atom is -0.350 e. The minimum absolute atomic E-state index is 0.127. The number of aryl methyl sites for hydroxylation is 1. The van der Waals surface area contributed by atoms with E-state index in [1.54, 1.807) is 18.5 Å². The lowest BCUT2D eigenvalue weighted by atomic mass is 10.1. The van der Waals surface area contributed by atoms with E-state index in [1.165, 1.54) is 10.2 Å². The third kappa shape index (κ3) is 3.35. The van der Waals surface area contributed by atoms with Gasteiger partial charge in [-0.05, 0) is 30.2 Å². The van der Waals surface area contributed by atoms with Crippen molar-refractivity contribution in [1.82, 2.24) is 24.7 Å². The molecule has 3 aromatic rings. The summed E-state index contributed by atoms with van der Waals surface area (Å²) in [6.45, 7) is 2.67. The third-order valence-electron chi connectivity index (χ3n) is 2.84. The molecular weight excluding hydrogens is 288 g/mol. The molecule has 106 valence electrons. The van der Waals surface area contributed by atoms with E-state index in [0.717, 1.165) is 5.56 Å². The van der Waals surface area contributed by atoms with Crippen molar-refractivity contribution in [2.75, 3.05) is 5.32 Å². The molecule has 0 aliphatic heterocycles. The van der Waals surface area contributed by atoms with Gasteiger partial charge in [0.15, 0.2) is 0 Å². The SMILES string of the molecule is Cc1cccc(CNc2nc(Cl)nc(-n3cccn3)n2)c1. The summed E-state index contributed by atoms with van der Waals surface area (Å²) < 4.78 is 1.53. The molecule has 2 aromatic heterocycles. The van der Waals surface area contributed by atoms with E-state index in [1.807, 2.05) is 12.1 Å². The van der Waals surface area contributed by atoms with Crippen molar-refractivity contribution in [3.8, 4) is 5.95 Å². The van der Waals surface area contributed by atoms with Crippen molar-refractivity contribution in [3.63, 3.8) is 0 Å². The fourth-order valence-electron chi connectivity index (χ4n) is 1.91. The highest BCUT2D eigenvalue weighted by atomic mass is 35.5. The van der Waals surface area contributed by atoms with Crippen molar-refractivity contribution in [1.29, 1.82) is 0 Å². The zero-order valence-electron chi connectivity index (χ0n) is 11.4. The number of hydrogen-bond donors (Lipinski definition) is 1. The van der Waals surface area contributed by atoms with Gasteiger partial charge in [-0.25, -0.2) is 4.68 Å². The molecule has 0 saturated carbocycles. The van der Waals surface area contributed by atoms with Crippen molar-refractivity contribution >= 4 is 17.5 Å². The first-order chi connectivity index (χ1) is 10.2. The number of rotatable bonds is 4. The molecule has 0 bridgehead atoms. The molecule has 0 radical (unpaired) electrons. The molecular formula is C14H13ClN6. The van der Waals surface area contributed by atoms with Crippen molar-refractivity contribution < 1.29 is 0 Å². The second-order valence-corrected chi connectivity index (χ2v) is 4.86. The first-order valence-corrected chi connectivity index (χ1v) is 6.79. The van der Waals surface area contributed by atoms with Crippen LogP contribution in [-0.2, 0) is 6.54 Å². The van der Waals surface area contributed by atoms with Gasteiger partial charge < -0.3 is 5.32 Å². The lowest BCUT2D eigenvalue weighted by Crippen LogP contribution is -2.09. The zero-order chi connectivity index (χ0) is 14.7. The maximum Gasteiger partial charge on any atom is 0.256 e. The molecule has 1 N–H and O–H groups in total. The standard InChI is InChI=1S/C14H13ClN6/c1-10-4-2-5-11(8-10)9-16-13-18-12(15)19-14(20-13)21-7-3-6-17-21/h2-8H,9H2,1H3,(H,16,18,19,20). The molecule has 7 heteroatoms. The van der Waals surface area contributed by atoms with Crippen LogP contribution in [0.2, 0.25) is 5.28 Å². The number of halogens is 1. The van der Waals surface area contributed by atoms with Crippen LogP contribution in [0.1, 0.15) is 11.1 Å². The summed E-state index contributed by atoms with van der Waals surface area (Å²) in [6, 6.07) is 10.00. The lowest BCUT2D eigenvalue weighted by molar-refractivity contribution is 0.794. The van der Waals surface area contributed by atoms with Crippen LogP contribution in [0, 0.1) is 6.92 Å². The summed E-state index contributed by atoms with van der Waals surface area (Å²) in [6.07, 6.45) is 3.40. The fraction of sp³-hybridized carbons (Fsp3) is 0.143. The Bertz CT molecular complexity index is 741. The van der Waals surface area contributed by atoms with E-state index in [9.17, 15) is 0 Å². The van der Waals surface area contributed by atoms with Crippen LogP contribution in [-0.4, -0.2) is 24.7 Å². The van der Waals surface area contributed by atoms with Crippen molar-refractivity contribution in [2.45, 2.75) is 13.5 Å². The van der Waals surface area contributed by atoms with Crippen LogP contribution < -0.4 is 5.32 Å². The van der Waals surface area contributed by atoms with Gasteiger partial charge in [0, 0.05) is 18.9 Å². The highest BCUT2D eigenvalue weighted by Gasteiger charge is 2.07. The normalized spacial score (nSPS) is 10.6. The lowest BCUT2D eigenvalue weighted by Gasteiger charge is -2.07. The van der Waals surface area contributed by atoms with Gasteiger partial charge in [-0.2, -0.15) is 20.1 Å².